The SMILES string of the molecule is Cc1cnc(C)c(Oc2ccc([C@H]3c4[nH]c5c(c4CCN3C(=O)Oc3ccc(Cl)cc3)=CC(Cl)CC=5)cc2)n1. The minimum absolute atomic E-state index is 0.0478. The Morgan fingerprint density at radius 3 is 2.59 bits per heavy atom. The Kier molecular flexibility index (Phi) is 6.79. The molecule has 2 aromatic carbocycles. The van der Waals surface area contributed by atoms with Crippen molar-refractivity contribution in [3.63, 3.8) is 0 Å². The molecule has 198 valence electrons. The van der Waals surface area contributed by atoms with Crippen molar-refractivity contribution in [3.05, 3.63) is 98.5 Å². The lowest BCUT2D eigenvalue weighted by atomic mass is 9.92. The standard InChI is InChI=1S/C30H26Cl2N4O3/c1-17-16-33-18(2)29(34-17)38-22-8-3-19(4-9-22)28-27-24(25-15-21(32)7-12-26(25)35-27)13-14-36(28)30(37)39-23-10-5-20(31)6-11-23/h3-6,8-12,15-16,21,28,35H,7,13-14H2,1-2H3/t21?,28-/m0/s1. The number of nitrogens with one attached hydrogen (secondary N) is 1. The minimum atomic E-state index is -0.435. The van der Waals surface area contributed by atoms with Crippen LogP contribution in [0.15, 0.2) is 54.7 Å². The number of amides is 1. The maximum atomic E-state index is 13.5. The number of alkyl halides is 1. The lowest BCUT2D eigenvalue weighted by molar-refractivity contribution is 0.135. The number of carbonyl (C=O) groups excluding carboxylic acids is 1. The van der Waals surface area contributed by atoms with Crippen LogP contribution >= 0.6 is 23.2 Å². The van der Waals surface area contributed by atoms with Crippen LogP contribution in [-0.2, 0) is 6.42 Å². The Bertz CT molecular complexity index is 1670. The molecule has 1 unspecified atom stereocenters. The van der Waals surface area contributed by atoms with Crippen molar-refractivity contribution >= 4 is 41.4 Å². The van der Waals surface area contributed by atoms with E-state index in [9.17, 15) is 4.79 Å². The summed E-state index contributed by atoms with van der Waals surface area (Å²) in [5, 5.41) is 2.70. The summed E-state index contributed by atoms with van der Waals surface area (Å²) in [5.41, 5.74) is 4.55. The van der Waals surface area contributed by atoms with Gasteiger partial charge in [0, 0.05) is 34.0 Å². The predicted molar refractivity (Wildman–Crippen MR) is 151 cm³/mol. The molecule has 3 heterocycles. The molecule has 6 rings (SSSR count). The number of hydrogen-bond acceptors (Lipinski definition) is 5. The van der Waals surface area contributed by atoms with Gasteiger partial charge in [-0.25, -0.2) is 9.78 Å². The summed E-state index contributed by atoms with van der Waals surface area (Å²) in [6, 6.07) is 14.1. The molecule has 1 N–H and O–H groups in total. The summed E-state index contributed by atoms with van der Waals surface area (Å²) >= 11 is 12.5. The van der Waals surface area contributed by atoms with Crippen LogP contribution in [-0.4, -0.2) is 37.9 Å². The van der Waals surface area contributed by atoms with E-state index >= 15 is 0 Å². The van der Waals surface area contributed by atoms with Gasteiger partial charge in [0.05, 0.1) is 16.8 Å². The highest BCUT2D eigenvalue weighted by Gasteiger charge is 2.35. The fourth-order valence-corrected chi connectivity index (χ4v) is 5.43. The number of rotatable bonds is 4. The van der Waals surface area contributed by atoms with Crippen molar-refractivity contribution < 1.29 is 14.3 Å². The van der Waals surface area contributed by atoms with Gasteiger partial charge in [0.25, 0.3) is 0 Å². The van der Waals surface area contributed by atoms with Crippen molar-refractivity contribution in [3.8, 4) is 17.4 Å². The molecule has 1 amide bonds. The highest BCUT2D eigenvalue weighted by molar-refractivity contribution is 6.30. The first-order chi connectivity index (χ1) is 18.9. The third-order valence-electron chi connectivity index (χ3n) is 6.99. The number of aromatic amines is 1. The molecule has 7 nitrogen and oxygen atoms in total. The number of aryl methyl sites for hydroxylation is 2. The highest BCUT2D eigenvalue weighted by atomic mass is 35.5. The van der Waals surface area contributed by atoms with E-state index in [1.165, 1.54) is 5.56 Å². The summed E-state index contributed by atoms with van der Waals surface area (Å²) in [4.78, 5) is 27.6. The van der Waals surface area contributed by atoms with Crippen molar-refractivity contribution in [1.82, 2.24) is 19.9 Å². The molecule has 0 fully saturated rings. The Morgan fingerprint density at radius 1 is 1.08 bits per heavy atom. The fraction of sp³-hybridized carbons (Fsp3) is 0.233. The van der Waals surface area contributed by atoms with Crippen molar-refractivity contribution in [2.75, 3.05) is 6.54 Å². The molecule has 1 aliphatic carbocycles. The molecular weight excluding hydrogens is 535 g/mol. The number of hydrogen-bond donors (Lipinski definition) is 1. The smallest absolute Gasteiger partial charge is 0.416 e. The van der Waals surface area contributed by atoms with Gasteiger partial charge in [-0.3, -0.25) is 9.88 Å². The van der Waals surface area contributed by atoms with Crippen LogP contribution in [0.25, 0.3) is 12.2 Å². The maximum absolute atomic E-state index is 13.5. The van der Waals surface area contributed by atoms with E-state index in [2.05, 4.69) is 27.1 Å². The lowest BCUT2D eigenvalue weighted by Gasteiger charge is -2.35. The molecule has 2 aliphatic rings. The highest BCUT2D eigenvalue weighted by Crippen LogP contribution is 2.35. The fourth-order valence-electron chi connectivity index (χ4n) is 5.09. The maximum Gasteiger partial charge on any atom is 0.416 e. The van der Waals surface area contributed by atoms with Crippen LogP contribution in [0.3, 0.4) is 0 Å². The Balaban J connectivity index is 1.36. The second kappa shape index (κ2) is 10.4. The molecule has 0 saturated carbocycles. The van der Waals surface area contributed by atoms with Gasteiger partial charge in [-0.2, -0.15) is 0 Å². The Labute approximate surface area is 235 Å². The molecule has 0 radical (unpaired) electrons. The molecular formula is C30H26Cl2N4O3. The summed E-state index contributed by atoms with van der Waals surface area (Å²) in [6.45, 7) is 4.22. The number of carbonyl (C=O) groups is 1. The average molecular weight is 561 g/mol. The molecule has 2 aromatic heterocycles. The molecule has 0 spiro atoms. The van der Waals surface area contributed by atoms with Gasteiger partial charge in [0.2, 0.25) is 5.88 Å². The number of benzene rings is 2. The van der Waals surface area contributed by atoms with Gasteiger partial charge in [-0.05, 0) is 74.2 Å². The van der Waals surface area contributed by atoms with E-state index in [-0.39, 0.29) is 11.4 Å². The summed E-state index contributed by atoms with van der Waals surface area (Å²) in [7, 11) is 0. The van der Waals surface area contributed by atoms with E-state index in [1.54, 1.807) is 35.4 Å². The van der Waals surface area contributed by atoms with Crippen molar-refractivity contribution in [1.29, 1.82) is 0 Å². The van der Waals surface area contributed by atoms with Crippen LogP contribution in [0, 0.1) is 13.8 Å². The van der Waals surface area contributed by atoms with Gasteiger partial charge in [0.15, 0.2) is 0 Å². The van der Waals surface area contributed by atoms with E-state index < -0.39 is 6.09 Å². The zero-order chi connectivity index (χ0) is 27.1. The van der Waals surface area contributed by atoms with Crippen LogP contribution in [0.5, 0.6) is 17.4 Å². The van der Waals surface area contributed by atoms with Gasteiger partial charge in [0.1, 0.15) is 17.5 Å². The largest absolute Gasteiger partial charge is 0.437 e. The molecule has 9 heteroatoms. The van der Waals surface area contributed by atoms with Crippen LogP contribution in [0.4, 0.5) is 4.79 Å². The Morgan fingerprint density at radius 2 is 1.82 bits per heavy atom. The van der Waals surface area contributed by atoms with Gasteiger partial charge < -0.3 is 14.5 Å². The van der Waals surface area contributed by atoms with Gasteiger partial charge in [-0.15, -0.1) is 11.6 Å². The normalized spacial score (nSPS) is 17.9. The minimum Gasteiger partial charge on any atom is -0.437 e. The third-order valence-corrected chi connectivity index (χ3v) is 7.54. The number of aromatic nitrogens is 3. The summed E-state index contributed by atoms with van der Waals surface area (Å²) in [6.07, 6.45) is 6.95. The Hall–Kier alpha value is -3.81. The number of fused-ring (bicyclic) bond motifs is 3. The zero-order valence-electron chi connectivity index (χ0n) is 21.4. The van der Waals surface area contributed by atoms with E-state index in [0.29, 0.717) is 41.1 Å². The first kappa shape index (κ1) is 25.5. The molecule has 0 bridgehead atoms. The molecule has 2 atom stereocenters. The van der Waals surface area contributed by atoms with E-state index in [4.69, 9.17) is 32.7 Å². The van der Waals surface area contributed by atoms with Crippen LogP contribution in [0.1, 0.15) is 40.7 Å². The average Bonchev–Trinajstić information content (AvgIpc) is 3.30. The van der Waals surface area contributed by atoms with Crippen LogP contribution < -0.4 is 20.0 Å². The van der Waals surface area contributed by atoms with E-state index in [1.807, 2.05) is 38.1 Å². The van der Waals surface area contributed by atoms with Crippen molar-refractivity contribution in [2.45, 2.75) is 38.1 Å². The summed E-state index contributed by atoms with van der Waals surface area (Å²) < 4.78 is 11.8. The second-order valence-corrected chi connectivity index (χ2v) is 10.7. The second-order valence-electron chi connectivity index (χ2n) is 9.71. The lowest BCUT2D eigenvalue weighted by Crippen LogP contribution is -2.43. The zero-order valence-corrected chi connectivity index (χ0v) is 23.0. The number of halogens is 2. The monoisotopic (exact) mass is 560 g/mol. The number of ether oxygens (including phenoxy) is 2. The number of H-pyrrole nitrogens is 1. The van der Waals surface area contributed by atoms with E-state index in [0.717, 1.165) is 33.9 Å². The quantitative estimate of drug-likeness (QED) is 0.329. The molecule has 39 heavy (non-hydrogen) atoms. The molecule has 4 aromatic rings. The van der Waals surface area contributed by atoms with Crippen molar-refractivity contribution in [2.24, 2.45) is 0 Å². The first-order valence-corrected chi connectivity index (χ1v) is 13.6. The van der Waals surface area contributed by atoms with Gasteiger partial charge >= 0.3 is 6.09 Å². The summed E-state index contributed by atoms with van der Waals surface area (Å²) in [5.74, 6) is 1.53. The van der Waals surface area contributed by atoms with Gasteiger partial charge in [-0.1, -0.05) is 35.9 Å². The predicted octanol–water partition coefficient (Wildman–Crippen LogP) is 5.59. The molecule has 1 aliphatic heterocycles. The number of nitrogens with zero attached hydrogens (tertiary/aromatic N) is 3. The van der Waals surface area contributed by atoms with Crippen LogP contribution in [0.2, 0.25) is 5.02 Å². The third kappa shape index (κ3) is 5.12. The first-order valence-electron chi connectivity index (χ1n) is 12.7. The topological polar surface area (TPSA) is 80.3 Å². The molecule has 0 saturated heterocycles.